The molecule has 0 radical (unpaired) electrons. The van der Waals surface area contributed by atoms with E-state index in [4.69, 9.17) is 32.7 Å². The maximum Gasteiger partial charge on any atom is 0.410 e. The Balaban J connectivity index is 1.85. The lowest BCUT2D eigenvalue weighted by Crippen LogP contribution is -2.40. The van der Waals surface area contributed by atoms with Crippen LogP contribution in [0.5, 0.6) is 11.6 Å². The predicted molar refractivity (Wildman–Crippen MR) is 98.9 cm³/mol. The first-order valence-corrected chi connectivity index (χ1v) is 9.04. The van der Waals surface area contributed by atoms with Crippen molar-refractivity contribution in [2.24, 2.45) is 0 Å². The van der Waals surface area contributed by atoms with Crippen LogP contribution >= 0.6 is 23.2 Å². The second-order valence-electron chi connectivity index (χ2n) is 7.05. The van der Waals surface area contributed by atoms with Crippen molar-refractivity contribution in [2.75, 3.05) is 6.54 Å². The van der Waals surface area contributed by atoms with Crippen molar-refractivity contribution in [1.82, 2.24) is 14.9 Å². The topological polar surface area (TPSA) is 64.5 Å². The minimum Gasteiger partial charge on any atom is -0.444 e. The Morgan fingerprint density at radius 2 is 2.00 bits per heavy atom. The van der Waals surface area contributed by atoms with E-state index in [1.165, 1.54) is 12.1 Å². The molecule has 0 N–H and O–H groups in total. The van der Waals surface area contributed by atoms with Gasteiger partial charge in [-0.3, -0.25) is 0 Å². The summed E-state index contributed by atoms with van der Waals surface area (Å²) in [5, 5.41) is 0.0951. The number of aromatic nitrogens is 2. The van der Waals surface area contributed by atoms with Gasteiger partial charge in [-0.1, -0.05) is 11.6 Å². The number of amides is 1. The third-order valence-electron chi connectivity index (χ3n) is 3.75. The summed E-state index contributed by atoms with van der Waals surface area (Å²) >= 11 is 12.0. The second-order valence-corrected chi connectivity index (χ2v) is 7.80. The molecule has 0 bridgehead atoms. The molecular weight excluding hydrogens is 396 g/mol. The maximum atomic E-state index is 13.2. The van der Waals surface area contributed by atoms with Crippen molar-refractivity contribution in [3.63, 3.8) is 0 Å². The largest absolute Gasteiger partial charge is 0.444 e. The molecule has 9 heteroatoms. The van der Waals surface area contributed by atoms with Crippen molar-refractivity contribution in [2.45, 2.75) is 39.3 Å². The van der Waals surface area contributed by atoms with E-state index in [1.807, 2.05) is 0 Å². The van der Waals surface area contributed by atoms with Gasteiger partial charge in [0.05, 0.1) is 17.3 Å². The zero-order chi connectivity index (χ0) is 19.8. The van der Waals surface area contributed by atoms with Gasteiger partial charge in [0.25, 0.3) is 0 Å². The van der Waals surface area contributed by atoms with Crippen LogP contribution in [-0.2, 0) is 17.7 Å². The first kappa shape index (κ1) is 19.6. The van der Waals surface area contributed by atoms with Gasteiger partial charge in [0.1, 0.15) is 17.2 Å². The fourth-order valence-corrected chi connectivity index (χ4v) is 2.98. The van der Waals surface area contributed by atoms with Crippen molar-refractivity contribution in [1.29, 1.82) is 0 Å². The molecule has 2 heterocycles. The predicted octanol–water partition coefficient (Wildman–Crippen LogP) is 5.01. The molecule has 27 heavy (non-hydrogen) atoms. The number of rotatable bonds is 2. The normalized spacial score (nSPS) is 13.9. The number of nitrogens with zero attached hydrogens (tertiary/aromatic N) is 3. The summed E-state index contributed by atoms with van der Waals surface area (Å²) in [5.41, 5.74) is 0.703. The van der Waals surface area contributed by atoms with Gasteiger partial charge in [0.2, 0.25) is 11.2 Å². The highest BCUT2D eigenvalue weighted by Crippen LogP contribution is 2.34. The third kappa shape index (κ3) is 4.78. The zero-order valence-corrected chi connectivity index (χ0v) is 16.6. The highest BCUT2D eigenvalue weighted by atomic mass is 35.5. The van der Waals surface area contributed by atoms with Crippen LogP contribution in [0.1, 0.15) is 32.0 Å². The molecule has 1 aliphatic rings. The van der Waals surface area contributed by atoms with Gasteiger partial charge in [-0.05, 0) is 57.0 Å². The number of hydrogen-bond acceptors (Lipinski definition) is 5. The van der Waals surface area contributed by atoms with Crippen molar-refractivity contribution < 1.29 is 18.7 Å². The van der Waals surface area contributed by atoms with E-state index in [0.29, 0.717) is 18.7 Å². The Labute approximate surface area is 166 Å². The monoisotopic (exact) mass is 413 g/mol. The smallest absolute Gasteiger partial charge is 0.410 e. The van der Waals surface area contributed by atoms with E-state index >= 15 is 0 Å². The number of hydrogen-bond donors (Lipinski definition) is 0. The van der Waals surface area contributed by atoms with Gasteiger partial charge in [-0.25, -0.2) is 14.2 Å². The molecule has 0 saturated heterocycles. The number of benzene rings is 1. The Hall–Kier alpha value is -2.12. The van der Waals surface area contributed by atoms with Gasteiger partial charge in [-0.15, -0.1) is 0 Å². The Morgan fingerprint density at radius 1 is 1.26 bits per heavy atom. The molecule has 1 amide bonds. The molecule has 144 valence electrons. The van der Waals surface area contributed by atoms with Gasteiger partial charge < -0.3 is 14.4 Å². The number of carbonyl (C=O) groups excluding carboxylic acids is 1. The van der Waals surface area contributed by atoms with Gasteiger partial charge in [-0.2, -0.15) is 4.98 Å². The third-order valence-corrected chi connectivity index (χ3v) is 4.22. The molecule has 0 atom stereocenters. The first-order valence-electron chi connectivity index (χ1n) is 8.28. The van der Waals surface area contributed by atoms with Crippen LogP contribution in [0.3, 0.4) is 0 Å². The molecule has 0 spiro atoms. The molecule has 1 aliphatic heterocycles. The van der Waals surface area contributed by atoms with E-state index in [9.17, 15) is 9.18 Å². The van der Waals surface area contributed by atoms with Crippen LogP contribution in [0.2, 0.25) is 10.3 Å². The molecule has 3 rings (SSSR count). The van der Waals surface area contributed by atoms with E-state index in [0.717, 1.165) is 11.6 Å². The summed E-state index contributed by atoms with van der Waals surface area (Å²) in [4.78, 5) is 22.2. The van der Waals surface area contributed by atoms with E-state index in [2.05, 4.69) is 9.97 Å². The van der Waals surface area contributed by atoms with Crippen LogP contribution < -0.4 is 4.74 Å². The first-order chi connectivity index (χ1) is 12.6. The van der Waals surface area contributed by atoms with Gasteiger partial charge in [0.15, 0.2) is 0 Å². The average Bonchev–Trinajstić information content (AvgIpc) is 2.55. The van der Waals surface area contributed by atoms with Crippen LogP contribution in [0, 0.1) is 5.82 Å². The summed E-state index contributed by atoms with van der Waals surface area (Å²) in [6, 6.07) is 3.80. The quantitative estimate of drug-likeness (QED) is 0.647. The molecule has 6 nitrogen and oxygen atoms in total. The lowest BCUT2D eigenvalue weighted by molar-refractivity contribution is 0.0219. The second kappa shape index (κ2) is 7.48. The standard InChI is InChI=1S/C18H18Cl2FN3O3/c1-18(2,3)27-17(25)24-7-6-11-13(9-24)22-16(20)23-15(11)26-14-5-4-10(21)8-12(14)19/h4-5,8H,6-7,9H2,1-3H3. The van der Waals surface area contributed by atoms with Crippen molar-refractivity contribution in [3.8, 4) is 11.6 Å². The lowest BCUT2D eigenvalue weighted by atomic mass is 10.1. The molecule has 1 aromatic heterocycles. The maximum absolute atomic E-state index is 13.2. The highest BCUT2D eigenvalue weighted by Gasteiger charge is 2.29. The molecule has 0 aliphatic carbocycles. The van der Waals surface area contributed by atoms with E-state index in [1.54, 1.807) is 25.7 Å². The molecule has 2 aromatic rings. The minimum atomic E-state index is -0.589. The van der Waals surface area contributed by atoms with Crippen molar-refractivity contribution >= 4 is 29.3 Å². The van der Waals surface area contributed by atoms with Crippen LogP contribution in [-0.4, -0.2) is 33.1 Å². The highest BCUT2D eigenvalue weighted by molar-refractivity contribution is 6.32. The van der Waals surface area contributed by atoms with E-state index in [-0.39, 0.29) is 28.5 Å². The Kier molecular flexibility index (Phi) is 5.44. The fraction of sp³-hybridized carbons (Fsp3) is 0.389. The molecule has 0 unspecified atom stereocenters. The summed E-state index contributed by atoms with van der Waals surface area (Å²) in [6.07, 6.45) is 0.0341. The summed E-state index contributed by atoms with van der Waals surface area (Å²) in [6.45, 7) is 6.06. The lowest BCUT2D eigenvalue weighted by Gasteiger charge is -2.31. The summed E-state index contributed by atoms with van der Waals surface area (Å²) in [5.74, 6) is 0.0232. The SMILES string of the molecule is CC(C)(C)OC(=O)N1CCc2c(nc(Cl)nc2Oc2ccc(F)cc2Cl)C1. The summed E-state index contributed by atoms with van der Waals surface area (Å²) < 4.78 is 24.4. The zero-order valence-electron chi connectivity index (χ0n) is 15.1. The number of fused-ring (bicyclic) bond motifs is 1. The summed E-state index contributed by atoms with van der Waals surface area (Å²) in [7, 11) is 0. The van der Waals surface area contributed by atoms with Crippen LogP contribution in [0.15, 0.2) is 18.2 Å². The Morgan fingerprint density at radius 3 is 2.67 bits per heavy atom. The number of ether oxygens (including phenoxy) is 2. The molecule has 1 aromatic carbocycles. The minimum absolute atomic E-state index is 0.0203. The molecular formula is C18H18Cl2FN3O3. The van der Waals surface area contributed by atoms with Crippen molar-refractivity contribution in [3.05, 3.63) is 45.6 Å². The fourth-order valence-electron chi connectivity index (χ4n) is 2.60. The van der Waals surface area contributed by atoms with Crippen LogP contribution in [0.25, 0.3) is 0 Å². The number of halogens is 3. The van der Waals surface area contributed by atoms with Crippen LogP contribution in [0.4, 0.5) is 9.18 Å². The molecule has 0 saturated carbocycles. The Bertz CT molecular complexity index is 887. The van der Waals surface area contributed by atoms with Gasteiger partial charge >= 0.3 is 6.09 Å². The van der Waals surface area contributed by atoms with E-state index < -0.39 is 17.5 Å². The van der Waals surface area contributed by atoms with Gasteiger partial charge in [0, 0.05) is 12.1 Å². The molecule has 0 fully saturated rings. The number of carbonyl (C=O) groups is 1. The average molecular weight is 414 g/mol.